The van der Waals surface area contributed by atoms with Crippen molar-refractivity contribution in [2.75, 3.05) is 17.2 Å². The quantitative estimate of drug-likeness (QED) is 0.458. The van der Waals surface area contributed by atoms with Crippen LogP contribution in [0.5, 0.6) is 5.75 Å². The first-order valence-corrected chi connectivity index (χ1v) is 10.4. The highest BCUT2D eigenvalue weighted by atomic mass is 16.5. The summed E-state index contributed by atoms with van der Waals surface area (Å²) in [6.45, 7) is 3.74. The van der Waals surface area contributed by atoms with Crippen molar-refractivity contribution in [3.63, 3.8) is 0 Å². The van der Waals surface area contributed by atoms with Crippen molar-refractivity contribution in [1.29, 1.82) is 0 Å². The molecule has 2 N–H and O–H groups in total. The number of nitrogens with one attached hydrogen (secondary N) is 2. The van der Waals surface area contributed by atoms with Crippen molar-refractivity contribution < 1.29 is 19.1 Å². The minimum atomic E-state index is -0.319. The van der Waals surface area contributed by atoms with Crippen LogP contribution in [-0.2, 0) is 4.79 Å². The number of para-hydroxylation sites is 2. The number of carbonyl (C=O) groups excluding carboxylic acids is 3. The molecule has 0 aliphatic carbocycles. The average molecular weight is 431 g/mol. The number of ketones is 1. The van der Waals surface area contributed by atoms with Crippen LogP contribution in [0.2, 0.25) is 0 Å². The lowest BCUT2D eigenvalue weighted by Crippen LogP contribution is -2.17. The lowest BCUT2D eigenvalue weighted by Gasteiger charge is -2.12. The van der Waals surface area contributed by atoms with Gasteiger partial charge in [0.15, 0.2) is 12.4 Å². The van der Waals surface area contributed by atoms with E-state index in [0.717, 1.165) is 0 Å². The van der Waals surface area contributed by atoms with Gasteiger partial charge in [0.1, 0.15) is 5.75 Å². The summed E-state index contributed by atoms with van der Waals surface area (Å²) in [5, 5.41) is 5.62. The van der Waals surface area contributed by atoms with E-state index in [1.54, 1.807) is 60.7 Å². The summed E-state index contributed by atoms with van der Waals surface area (Å²) < 4.78 is 5.67. The topological polar surface area (TPSA) is 84.5 Å². The zero-order valence-electron chi connectivity index (χ0n) is 18.1. The normalized spacial score (nSPS) is 10.5. The fourth-order valence-corrected chi connectivity index (χ4v) is 3.05. The number of carbonyl (C=O) groups is 3. The van der Waals surface area contributed by atoms with Crippen LogP contribution in [-0.4, -0.2) is 24.2 Å². The summed E-state index contributed by atoms with van der Waals surface area (Å²) in [6, 6.07) is 22.6. The minimum absolute atomic E-state index is 0.0622. The Labute approximate surface area is 187 Å². The Hall–Kier alpha value is -3.93. The third kappa shape index (κ3) is 6.54. The first-order valence-electron chi connectivity index (χ1n) is 10.4. The van der Waals surface area contributed by atoms with E-state index in [2.05, 4.69) is 10.6 Å². The van der Waals surface area contributed by atoms with E-state index in [1.165, 1.54) is 0 Å². The monoisotopic (exact) mass is 430 g/mol. The molecule has 32 heavy (non-hydrogen) atoms. The van der Waals surface area contributed by atoms with Gasteiger partial charge in [-0.25, -0.2) is 0 Å². The second-order valence-corrected chi connectivity index (χ2v) is 7.75. The Morgan fingerprint density at radius 3 is 2.09 bits per heavy atom. The summed E-state index contributed by atoms with van der Waals surface area (Å²) in [5.74, 6) is -0.0191. The van der Waals surface area contributed by atoms with Crippen LogP contribution < -0.4 is 15.4 Å². The number of hydrogen-bond donors (Lipinski definition) is 2. The molecule has 0 saturated carbocycles. The SMILES string of the molecule is CC(C)CC(=O)Nc1ccc(C(=O)COc2ccccc2C(=O)Nc2ccccc2)cc1. The van der Waals surface area contributed by atoms with Crippen molar-refractivity contribution in [2.45, 2.75) is 20.3 Å². The molecule has 3 rings (SSSR count). The van der Waals surface area contributed by atoms with Gasteiger partial charge in [0, 0.05) is 23.4 Å². The second kappa shape index (κ2) is 10.9. The third-order valence-corrected chi connectivity index (χ3v) is 4.61. The summed E-state index contributed by atoms with van der Waals surface area (Å²) in [6.07, 6.45) is 0.436. The van der Waals surface area contributed by atoms with Crippen molar-refractivity contribution in [3.8, 4) is 5.75 Å². The molecule has 0 bridgehead atoms. The molecule has 0 radical (unpaired) electrons. The second-order valence-electron chi connectivity index (χ2n) is 7.75. The molecule has 0 fully saturated rings. The Balaban J connectivity index is 1.60. The van der Waals surface area contributed by atoms with Gasteiger partial charge in [-0.3, -0.25) is 14.4 Å². The lowest BCUT2D eigenvalue weighted by atomic mass is 10.1. The molecule has 6 heteroatoms. The Morgan fingerprint density at radius 1 is 0.781 bits per heavy atom. The summed E-state index contributed by atoms with van der Waals surface area (Å²) >= 11 is 0. The van der Waals surface area contributed by atoms with E-state index >= 15 is 0 Å². The van der Waals surface area contributed by atoms with Crippen LogP contribution in [0.4, 0.5) is 11.4 Å². The van der Waals surface area contributed by atoms with Gasteiger partial charge in [-0.05, 0) is 54.4 Å². The van der Waals surface area contributed by atoms with E-state index in [1.807, 2.05) is 32.0 Å². The van der Waals surface area contributed by atoms with Crippen LogP contribution in [0.3, 0.4) is 0 Å². The van der Waals surface area contributed by atoms with Gasteiger partial charge >= 0.3 is 0 Å². The number of hydrogen-bond acceptors (Lipinski definition) is 4. The molecule has 0 aromatic heterocycles. The average Bonchev–Trinajstić information content (AvgIpc) is 2.78. The fraction of sp³-hybridized carbons (Fsp3) is 0.192. The fourth-order valence-electron chi connectivity index (χ4n) is 3.05. The highest BCUT2D eigenvalue weighted by Crippen LogP contribution is 2.20. The summed E-state index contributed by atoms with van der Waals surface area (Å²) in [4.78, 5) is 37.1. The molecule has 2 amide bonds. The van der Waals surface area contributed by atoms with E-state index in [0.29, 0.717) is 34.7 Å². The molecule has 3 aromatic carbocycles. The number of Topliss-reactive ketones (excluding diaryl/α,β-unsaturated/α-hetero) is 1. The highest BCUT2D eigenvalue weighted by molar-refractivity contribution is 6.06. The van der Waals surface area contributed by atoms with Gasteiger partial charge < -0.3 is 15.4 Å². The maximum Gasteiger partial charge on any atom is 0.259 e. The Bertz CT molecular complexity index is 1080. The third-order valence-electron chi connectivity index (χ3n) is 4.61. The van der Waals surface area contributed by atoms with Crippen molar-refractivity contribution >= 4 is 29.0 Å². The number of anilines is 2. The summed E-state index contributed by atoms with van der Waals surface area (Å²) in [5.41, 5.74) is 2.10. The maximum absolute atomic E-state index is 12.6. The molecule has 0 aliphatic heterocycles. The smallest absolute Gasteiger partial charge is 0.259 e. The van der Waals surface area contributed by atoms with Gasteiger partial charge in [-0.1, -0.05) is 44.2 Å². The standard InChI is InChI=1S/C26H26N2O4/c1-18(2)16-25(30)27-21-14-12-19(13-15-21)23(29)17-32-24-11-7-6-10-22(24)26(31)28-20-8-4-3-5-9-20/h3-15,18H,16-17H2,1-2H3,(H,27,30)(H,28,31). The van der Waals surface area contributed by atoms with Gasteiger partial charge in [-0.2, -0.15) is 0 Å². The number of rotatable bonds is 9. The number of benzene rings is 3. The van der Waals surface area contributed by atoms with Crippen LogP contribution in [0, 0.1) is 5.92 Å². The van der Waals surface area contributed by atoms with Crippen LogP contribution in [0.15, 0.2) is 78.9 Å². The molecule has 0 unspecified atom stereocenters. The molecule has 164 valence electrons. The number of amides is 2. The van der Waals surface area contributed by atoms with Crippen LogP contribution in [0.1, 0.15) is 41.0 Å². The Kier molecular flexibility index (Phi) is 7.75. The molecule has 3 aromatic rings. The lowest BCUT2D eigenvalue weighted by molar-refractivity contribution is -0.116. The van der Waals surface area contributed by atoms with E-state index in [9.17, 15) is 14.4 Å². The van der Waals surface area contributed by atoms with Crippen molar-refractivity contribution in [3.05, 3.63) is 90.0 Å². The van der Waals surface area contributed by atoms with Gasteiger partial charge in [0.05, 0.1) is 5.56 Å². The van der Waals surface area contributed by atoms with Crippen molar-refractivity contribution in [1.82, 2.24) is 0 Å². The van der Waals surface area contributed by atoms with Crippen LogP contribution in [0.25, 0.3) is 0 Å². The summed E-state index contributed by atoms with van der Waals surface area (Å²) in [7, 11) is 0. The van der Waals surface area contributed by atoms with Crippen LogP contribution >= 0.6 is 0 Å². The predicted octanol–water partition coefficient (Wildman–Crippen LogP) is 5.19. The molecule has 0 heterocycles. The Morgan fingerprint density at radius 2 is 1.41 bits per heavy atom. The van der Waals surface area contributed by atoms with Crippen molar-refractivity contribution in [2.24, 2.45) is 5.92 Å². The maximum atomic E-state index is 12.6. The van der Waals surface area contributed by atoms with E-state index in [4.69, 9.17) is 4.74 Å². The van der Waals surface area contributed by atoms with Gasteiger partial charge in [0.2, 0.25) is 5.91 Å². The first kappa shape index (κ1) is 22.7. The zero-order valence-corrected chi connectivity index (χ0v) is 18.1. The minimum Gasteiger partial charge on any atom is -0.485 e. The highest BCUT2D eigenvalue weighted by Gasteiger charge is 2.14. The zero-order chi connectivity index (χ0) is 22.9. The molecular weight excluding hydrogens is 404 g/mol. The molecular formula is C26H26N2O4. The predicted molar refractivity (Wildman–Crippen MR) is 125 cm³/mol. The molecule has 0 atom stereocenters. The van der Waals surface area contributed by atoms with Gasteiger partial charge in [0.25, 0.3) is 5.91 Å². The molecule has 0 spiro atoms. The number of ether oxygens (including phenoxy) is 1. The molecule has 6 nitrogen and oxygen atoms in total. The van der Waals surface area contributed by atoms with Gasteiger partial charge in [-0.15, -0.1) is 0 Å². The molecule has 0 aliphatic rings. The molecule has 0 saturated heterocycles. The van der Waals surface area contributed by atoms with E-state index < -0.39 is 0 Å². The van der Waals surface area contributed by atoms with E-state index in [-0.39, 0.29) is 30.1 Å². The largest absolute Gasteiger partial charge is 0.485 e. The first-order chi connectivity index (χ1) is 15.4.